The third-order valence-electron chi connectivity index (χ3n) is 4.36. The summed E-state index contributed by atoms with van der Waals surface area (Å²) in [5.74, 6) is 7.09. The van der Waals surface area contributed by atoms with Gasteiger partial charge < -0.3 is 5.32 Å². The first-order chi connectivity index (χ1) is 13.3. The Labute approximate surface area is 162 Å². The smallest absolute Gasteiger partial charge is 0.183 e. The minimum atomic E-state index is 0.653. The van der Waals surface area contributed by atoms with Crippen LogP contribution in [0.25, 0.3) is 0 Å². The molecule has 0 heterocycles. The molecule has 0 aliphatic carbocycles. The van der Waals surface area contributed by atoms with Crippen LogP contribution in [0.4, 0.5) is 11.4 Å². The number of amidine groups is 1. The molecular formula is C25H24N2. The number of aliphatic imine (C=N–C) groups is 1. The van der Waals surface area contributed by atoms with E-state index >= 15 is 0 Å². The van der Waals surface area contributed by atoms with E-state index in [1.165, 1.54) is 11.1 Å². The lowest BCUT2D eigenvalue weighted by atomic mass is 10.1. The van der Waals surface area contributed by atoms with Crippen molar-refractivity contribution in [2.24, 2.45) is 4.99 Å². The average molecular weight is 352 g/mol. The van der Waals surface area contributed by atoms with Gasteiger partial charge in [0.2, 0.25) is 0 Å². The molecule has 134 valence electrons. The molecule has 2 heteroatoms. The van der Waals surface area contributed by atoms with Gasteiger partial charge in [-0.3, -0.25) is 0 Å². The highest BCUT2D eigenvalue weighted by Gasteiger charge is 2.04. The van der Waals surface area contributed by atoms with Crippen molar-refractivity contribution in [3.05, 3.63) is 95.6 Å². The minimum absolute atomic E-state index is 0.653. The third-order valence-corrected chi connectivity index (χ3v) is 4.36. The quantitative estimate of drug-likeness (QED) is 0.347. The zero-order valence-corrected chi connectivity index (χ0v) is 15.9. The summed E-state index contributed by atoms with van der Waals surface area (Å²) in [5.41, 5.74) is 5.44. The Hall–Kier alpha value is -3.31. The van der Waals surface area contributed by atoms with Crippen molar-refractivity contribution in [2.45, 2.75) is 26.7 Å². The summed E-state index contributed by atoms with van der Waals surface area (Å²) in [6.45, 7) is 4.29. The molecule has 0 bridgehead atoms. The summed E-state index contributed by atoms with van der Waals surface area (Å²) in [6.07, 6.45) is 1.89. The fourth-order valence-electron chi connectivity index (χ4n) is 2.86. The number of hydrogen-bond acceptors (Lipinski definition) is 1. The van der Waals surface area contributed by atoms with Gasteiger partial charge >= 0.3 is 0 Å². The van der Waals surface area contributed by atoms with Crippen molar-refractivity contribution in [3.8, 4) is 11.8 Å². The lowest BCUT2D eigenvalue weighted by Crippen LogP contribution is -2.11. The second kappa shape index (κ2) is 9.40. The SMILES string of the molecule is CCc1ccccc1N=C(C#Cc1ccccc1)Nc1ccccc1CC. The van der Waals surface area contributed by atoms with Crippen molar-refractivity contribution >= 4 is 17.2 Å². The molecule has 1 N–H and O–H groups in total. The van der Waals surface area contributed by atoms with Gasteiger partial charge in [-0.25, -0.2) is 4.99 Å². The Kier molecular flexibility index (Phi) is 6.44. The van der Waals surface area contributed by atoms with Crippen LogP contribution in [0.5, 0.6) is 0 Å². The minimum Gasteiger partial charge on any atom is -0.333 e. The van der Waals surface area contributed by atoms with Crippen molar-refractivity contribution < 1.29 is 0 Å². The first kappa shape index (κ1) is 18.5. The van der Waals surface area contributed by atoms with Gasteiger partial charge in [-0.1, -0.05) is 74.4 Å². The van der Waals surface area contributed by atoms with E-state index in [0.717, 1.165) is 29.8 Å². The molecule has 0 spiro atoms. The van der Waals surface area contributed by atoms with E-state index < -0.39 is 0 Å². The van der Waals surface area contributed by atoms with Crippen molar-refractivity contribution in [1.82, 2.24) is 0 Å². The number of anilines is 1. The maximum absolute atomic E-state index is 4.85. The molecule has 0 aliphatic rings. The van der Waals surface area contributed by atoms with Gasteiger partial charge in [0, 0.05) is 11.3 Å². The van der Waals surface area contributed by atoms with E-state index in [2.05, 4.69) is 55.3 Å². The van der Waals surface area contributed by atoms with Crippen LogP contribution in [0, 0.1) is 11.8 Å². The Morgan fingerprint density at radius 3 is 2.15 bits per heavy atom. The van der Waals surface area contributed by atoms with Gasteiger partial charge in [0.15, 0.2) is 5.84 Å². The second-order valence-corrected chi connectivity index (χ2v) is 6.19. The predicted molar refractivity (Wildman–Crippen MR) is 116 cm³/mol. The van der Waals surface area contributed by atoms with Gasteiger partial charge in [-0.2, -0.15) is 0 Å². The van der Waals surface area contributed by atoms with Gasteiger partial charge in [0.25, 0.3) is 0 Å². The molecule has 2 nitrogen and oxygen atoms in total. The van der Waals surface area contributed by atoms with Crippen LogP contribution in [0.2, 0.25) is 0 Å². The molecule has 3 aromatic carbocycles. The lowest BCUT2D eigenvalue weighted by Gasteiger charge is -2.10. The first-order valence-corrected chi connectivity index (χ1v) is 9.38. The zero-order valence-electron chi connectivity index (χ0n) is 15.9. The van der Waals surface area contributed by atoms with E-state index in [4.69, 9.17) is 4.99 Å². The number of rotatable bonds is 4. The zero-order chi connectivity index (χ0) is 18.9. The van der Waals surface area contributed by atoms with Gasteiger partial charge in [0.1, 0.15) is 0 Å². The van der Waals surface area contributed by atoms with E-state index in [1.807, 2.05) is 54.6 Å². The topological polar surface area (TPSA) is 24.4 Å². The van der Waals surface area contributed by atoms with Gasteiger partial charge in [-0.05, 0) is 54.2 Å². The highest BCUT2D eigenvalue weighted by Crippen LogP contribution is 2.21. The first-order valence-electron chi connectivity index (χ1n) is 9.38. The monoisotopic (exact) mass is 352 g/mol. The summed E-state index contributed by atoms with van der Waals surface area (Å²) in [6, 6.07) is 26.5. The molecule has 0 aromatic heterocycles. The van der Waals surface area contributed by atoms with Gasteiger partial charge in [0.05, 0.1) is 5.69 Å². The molecule has 0 radical (unpaired) electrons. The molecule has 3 rings (SSSR count). The number of para-hydroxylation sites is 2. The number of hydrogen-bond donors (Lipinski definition) is 1. The van der Waals surface area contributed by atoms with E-state index in [9.17, 15) is 0 Å². The molecule has 0 fully saturated rings. The highest BCUT2D eigenvalue weighted by atomic mass is 15.0. The third kappa shape index (κ3) is 5.09. The molecule has 0 saturated heterocycles. The van der Waals surface area contributed by atoms with E-state index in [-0.39, 0.29) is 0 Å². The van der Waals surface area contributed by atoms with E-state index in [1.54, 1.807) is 0 Å². The Morgan fingerprint density at radius 2 is 1.41 bits per heavy atom. The molecular weight excluding hydrogens is 328 g/mol. The van der Waals surface area contributed by atoms with Crippen molar-refractivity contribution in [2.75, 3.05) is 5.32 Å². The predicted octanol–water partition coefficient (Wildman–Crippen LogP) is 6.01. The van der Waals surface area contributed by atoms with Gasteiger partial charge in [-0.15, -0.1) is 0 Å². The summed E-state index contributed by atoms with van der Waals surface area (Å²) in [7, 11) is 0. The Balaban J connectivity index is 2.01. The molecule has 0 saturated carbocycles. The normalized spacial score (nSPS) is 10.8. The number of benzene rings is 3. The maximum Gasteiger partial charge on any atom is 0.183 e. The second-order valence-electron chi connectivity index (χ2n) is 6.19. The lowest BCUT2D eigenvalue weighted by molar-refractivity contribution is 1.13. The summed E-state index contributed by atoms with van der Waals surface area (Å²) in [5, 5.41) is 3.44. The Bertz CT molecular complexity index is 976. The van der Waals surface area contributed by atoms with Crippen LogP contribution in [0.3, 0.4) is 0 Å². The highest BCUT2D eigenvalue weighted by molar-refractivity contribution is 6.10. The number of nitrogens with one attached hydrogen (secondary N) is 1. The fourth-order valence-corrected chi connectivity index (χ4v) is 2.86. The van der Waals surface area contributed by atoms with Crippen LogP contribution in [0.15, 0.2) is 83.9 Å². The van der Waals surface area contributed by atoms with Crippen LogP contribution < -0.4 is 5.32 Å². The summed E-state index contributed by atoms with van der Waals surface area (Å²) >= 11 is 0. The summed E-state index contributed by atoms with van der Waals surface area (Å²) in [4.78, 5) is 4.85. The molecule has 0 atom stereocenters. The molecule has 3 aromatic rings. The molecule has 0 aliphatic heterocycles. The largest absolute Gasteiger partial charge is 0.333 e. The molecule has 0 unspecified atom stereocenters. The van der Waals surface area contributed by atoms with Crippen molar-refractivity contribution in [1.29, 1.82) is 0 Å². The molecule has 0 amide bonds. The van der Waals surface area contributed by atoms with Crippen LogP contribution in [-0.4, -0.2) is 5.84 Å². The van der Waals surface area contributed by atoms with Crippen LogP contribution >= 0.6 is 0 Å². The number of nitrogens with zero attached hydrogens (tertiary/aromatic N) is 1. The standard InChI is InChI=1S/C25H24N2/c1-3-21-14-8-10-16-23(21)26-25(19-18-20-12-6-5-7-13-20)27-24-17-11-9-15-22(24)4-2/h5-17H,3-4H2,1-2H3,(H,26,27). The van der Waals surface area contributed by atoms with Crippen LogP contribution in [0.1, 0.15) is 30.5 Å². The van der Waals surface area contributed by atoms with Crippen LogP contribution in [-0.2, 0) is 12.8 Å². The number of aryl methyl sites for hydroxylation is 2. The molecule has 27 heavy (non-hydrogen) atoms. The van der Waals surface area contributed by atoms with Crippen molar-refractivity contribution in [3.63, 3.8) is 0 Å². The Morgan fingerprint density at radius 1 is 0.778 bits per heavy atom. The van der Waals surface area contributed by atoms with E-state index in [0.29, 0.717) is 5.84 Å². The summed E-state index contributed by atoms with van der Waals surface area (Å²) < 4.78 is 0. The maximum atomic E-state index is 4.85. The average Bonchev–Trinajstić information content (AvgIpc) is 2.73. The fraction of sp³-hybridized carbons (Fsp3) is 0.160.